The molecule has 0 fully saturated rings. The Balaban J connectivity index is 0.00000341. The van der Waals surface area contributed by atoms with Crippen molar-refractivity contribution in [3.63, 3.8) is 0 Å². The van der Waals surface area contributed by atoms with Gasteiger partial charge in [0.05, 0.1) is 28.9 Å². The Morgan fingerprint density at radius 3 is 2.00 bits per heavy atom. The number of benzene rings is 3. The van der Waals surface area contributed by atoms with Gasteiger partial charge in [-0.2, -0.15) is 5.26 Å². The van der Waals surface area contributed by atoms with Crippen LogP contribution in [0.2, 0.25) is 0 Å². The van der Waals surface area contributed by atoms with Crippen LogP contribution in [0.5, 0.6) is 5.75 Å². The van der Waals surface area contributed by atoms with E-state index in [1.807, 2.05) is 6.07 Å². The molecule has 0 amide bonds. The Morgan fingerprint density at radius 1 is 0.935 bits per heavy atom. The Morgan fingerprint density at radius 2 is 1.48 bits per heavy atom. The standard InChI is InChI=1S/C23H19NO5S.Na/c24-14-17-6-8-18(9-7-17)19-10-12-22(13-11-19)30(27,28)16-20(23(25)26)15-29-21-4-2-1-3-5-21;/h1-13,20H,15-16H2,(H,25,26);/q;+1/p-1. The molecule has 0 aliphatic carbocycles. The summed E-state index contributed by atoms with van der Waals surface area (Å²) in [5, 5.41) is 20.3. The van der Waals surface area contributed by atoms with Crippen LogP contribution in [0.4, 0.5) is 0 Å². The van der Waals surface area contributed by atoms with E-state index in [0.29, 0.717) is 11.3 Å². The minimum absolute atomic E-state index is 0. The number of nitrogens with zero attached hydrogens (tertiary/aromatic N) is 1. The zero-order valence-electron chi connectivity index (χ0n) is 16.9. The largest absolute Gasteiger partial charge is 1.00 e. The summed E-state index contributed by atoms with van der Waals surface area (Å²) in [6.07, 6.45) is 0. The number of carboxylic acids is 1. The van der Waals surface area contributed by atoms with E-state index in [4.69, 9.17) is 10.00 Å². The second-order valence-corrected chi connectivity index (χ2v) is 8.67. The van der Waals surface area contributed by atoms with Gasteiger partial charge in [-0.05, 0) is 47.5 Å². The Hall–Kier alpha value is -2.63. The van der Waals surface area contributed by atoms with Crippen LogP contribution < -0.4 is 39.4 Å². The predicted octanol–water partition coefficient (Wildman–Crippen LogP) is -0.552. The number of carbonyl (C=O) groups is 1. The number of aliphatic carboxylic acids is 1. The van der Waals surface area contributed by atoms with Crippen molar-refractivity contribution in [2.45, 2.75) is 4.90 Å². The summed E-state index contributed by atoms with van der Waals surface area (Å²) in [7, 11) is -3.86. The van der Waals surface area contributed by atoms with E-state index in [2.05, 4.69) is 0 Å². The smallest absolute Gasteiger partial charge is 0.550 e. The van der Waals surface area contributed by atoms with Gasteiger partial charge in [-0.15, -0.1) is 0 Å². The van der Waals surface area contributed by atoms with Gasteiger partial charge in [0.2, 0.25) is 0 Å². The normalized spacial score (nSPS) is 11.6. The first-order valence-electron chi connectivity index (χ1n) is 9.11. The van der Waals surface area contributed by atoms with Crippen LogP contribution >= 0.6 is 0 Å². The van der Waals surface area contributed by atoms with E-state index >= 15 is 0 Å². The third-order valence-electron chi connectivity index (χ3n) is 4.51. The van der Waals surface area contributed by atoms with E-state index in [1.165, 1.54) is 12.1 Å². The molecule has 152 valence electrons. The molecule has 3 aromatic carbocycles. The van der Waals surface area contributed by atoms with E-state index in [0.717, 1.165) is 11.1 Å². The first-order valence-corrected chi connectivity index (χ1v) is 10.8. The maximum Gasteiger partial charge on any atom is 1.00 e. The number of carboxylic acid groups (broad SMARTS) is 1. The summed E-state index contributed by atoms with van der Waals surface area (Å²) in [5.74, 6) is -2.97. The minimum atomic E-state index is -3.86. The van der Waals surface area contributed by atoms with Crippen molar-refractivity contribution < 1.29 is 52.6 Å². The van der Waals surface area contributed by atoms with Crippen LogP contribution in [0.15, 0.2) is 83.8 Å². The number of para-hydroxylation sites is 1. The Bertz CT molecular complexity index is 1160. The molecule has 3 aromatic rings. The maximum absolute atomic E-state index is 12.7. The van der Waals surface area contributed by atoms with Crippen LogP contribution in [0, 0.1) is 17.2 Å². The van der Waals surface area contributed by atoms with Crippen LogP contribution in [0.25, 0.3) is 11.1 Å². The van der Waals surface area contributed by atoms with Gasteiger partial charge in [0, 0.05) is 11.9 Å². The second-order valence-electron chi connectivity index (χ2n) is 6.63. The number of rotatable bonds is 8. The third-order valence-corrected chi connectivity index (χ3v) is 6.34. The molecule has 1 atom stereocenters. The predicted molar refractivity (Wildman–Crippen MR) is 109 cm³/mol. The molecule has 6 nitrogen and oxygen atoms in total. The molecular formula is C23H18NNaO5S. The van der Waals surface area contributed by atoms with E-state index in [-0.39, 0.29) is 41.1 Å². The van der Waals surface area contributed by atoms with Gasteiger partial charge in [-0.1, -0.05) is 42.5 Å². The molecule has 0 N–H and O–H groups in total. The maximum atomic E-state index is 12.7. The van der Waals surface area contributed by atoms with E-state index in [9.17, 15) is 18.3 Å². The fourth-order valence-corrected chi connectivity index (χ4v) is 4.36. The van der Waals surface area contributed by atoms with Gasteiger partial charge in [-0.3, -0.25) is 0 Å². The van der Waals surface area contributed by atoms with Crippen molar-refractivity contribution in [3.05, 3.63) is 84.4 Å². The van der Waals surface area contributed by atoms with Crippen molar-refractivity contribution in [2.24, 2.45) is 5.92 Å². The molecule has 0 aliphatic rings. The molecule has 0 radical (unpaired) electrons. The van der Waals surface area contributed by atoms with Gasteiger partial charge in [0.15, 0.2) is 9.84 Å². The van der Waals surface area contributed by atoms with Crippen LogP contribution in [0.1, 0.15) is 5.56 Å². The number of hydrogen-bond acceptors (Lipinski definition) is 6. The van der Waals surface area contributed by atoms with E-state index in [1.54, 1.807) is 66.7 Å². The molecule has 0 aliphatic heterocycles. The molecule has 0 saturated heterocycles. The van der Waals surface area contributed by atoms with Crippen LogP contribution in [0.3, 0.4) is 0 Å². The molecule has 1 unspecified atom stereocenters. The van der Waals surface area contributed by atoms with Gasteiger partial charge in [0.25, 0.3) is 0 Å². The Kier molecular flexibility index (Phi) is 8.84. The molecule has 0 aromatic heterocycles. The fourth-order valence-electron chi connectivity index (χ4n) is 2.85. The number of sulfone groups is 1. The van der Waals surface area contributed by atoms with Gasteiger partial charge < -0.3 is 14.6 Å². The van der Waals surface area contributed by atoms with Gasteiger partial charge >= 0.3 is 29.6 Å². The summed E-state index contributed by atoms with van der Waals surface area (Å²) in [6, 6.07) is 23.7. The quantitative estimate of drug-likeness (QED) is 0.433. The van der Waals surface area contributed by atoms with Crippen molar-refractivity contribution in [2.75, 3.05) is 12.4 Å². The average molecular weight is 443 g/mol. The molecule has 31 heavy (non-hydrogen) atoms. The molecular weight excluding hydrogens is 425 g/mol. The van der Waals surface area contributed by atoms with Gasteiger partial charge in [0.1, 0.15) is 5.75 Å². The third kappa shape index (κ3) is 6.68. The zero-order chi connectivity index (χ0) is 21.6. The SMILES string of the molecule is N#Cc1ccc(-c2ccc(S(=O)(=O)CC(COc3ccccc3)C(=O)[O-])cc2)cc1.[Na+]. The fraction of sp³-hybridized carbons (Fsp3) is 0.130. The number of nitriles is 1. The first-order chi connectivity index (χ1) is 14.4. The van der Waals surface area contributed by atoms with Crippen molar-refractivity contribution in [3.8, 4) is 22.9 Å². The molecule has 0 saturated carbocycles. The topological polar surface area (TPSA) is 107 Å². The molecule has 0 bridgehead atoms. The number of carbonyl (C=O) groups excluding carboxylic acids is 1. The minimum Gasteiger partial charge on any atom is -0.550 e. The number of hydrogen-bond donors (Lipinski definition) is 0. The second kappa shape index (κ2) is 11.1. The number of ether oxygens (including phenoxy) is 1. The summed E-state index contributed by atoms with van der Waals surface area (Å²) in [5.41, 5.74) is 2.15. The Labute approximate surface area is 203 Å². The van der Waals surface area contributed by atoms with E-state index < -0.39 is 27.5 Å². The summed E-state index contributed by atoms with van der Waals surface area (Å²) in [4.78, 5) is 11.5. The van der Waals surface area contributed by atoms with Gasteiger partial charge in [-0.25, -0.2) is 8.42 Å². The van der Waals surface area contributed by atoms with Crippen molar-refractivity contribution in [1.29, 1.82) is 5.26 Å². The summed E-state index contributed by atoms with van der Waals surface area (Å²) in [6.45, 7) is -0.311. The summed E-state index contributed by atoms with van der Waals surface area (Å²) < 4.78 is 30.8. The molecule has 3 rings (SSSR count). The molecule has 0 spiro atoms. The van der Waals surface area contributed by atoms with Crippen LogP contribution in [-0.2, 0) is 14.6 Å². The summed E-state index contributed by atoms with van der Waals surface area (Å²) >= 11 is 0. The molecule has 8 heteroatoms. The molecule has 0 heterocycles. The van der Waals surface area contributed by atoms with Crippen molar-refractivity contribution in [1.82, 2.24) is 0 Å². The average Bonchev–Trinajstić information content (AvgIpc) is 2.77. The first kappa shape index (κ1) is 24.6. The van der Waals surface area contributed by atoms with Crippen LogP contribution in [-0.4, -0.2) is 26.7 Å². The monoisotopic (exact) mass is 443 g/mol. The zero-order valence-corrected chi connectivity index (χ0v) is 19.7. The van der Waals surface area contributed by atoms with Crippen molar-refractivity contribution >= 4 is 15.8 Å².